The average Bonchev–Trinajstić information content (AvgIpc) is 2.70. The number of rotatable bonds is 7. The third-order valence-corrected chi connectivity index (χ3v) is 5.29. The molecule has 0 radical (unpaired) electrons. The van der Waals surface area contributed by atoms with Crippen LogP contribution in [0.4, 0.5) is 10.6 Å². The number of nitrogens with zero attached hydrogens (tertiary/aromatic N) is 1. The Labute approximate surface area is 173 Å². The van der Waals surface area contributed by atoms with E-state index in [1.807, 2.05) is 25.1 Å². The number of halogens is 1. The summed E-state index contributed by atoms with van der Waals surface area (Å²) in [4.78, 5) is 23.8. The fourth-order valence-electron chi connectivity index (χ4n) is 3.51. The molecule has 0 aliphatic carbocycles. The Morgan fingerprint density at radius 2 is 1.86 bits per heavy atom. The summed E-state index contributed by atoms with van der Waals surface area (Å²) in [6, 6.07) is 13.7. The second kappa shape index (κ2) is 9.01. The monoisotopic (exact) mass is 414 g/mol. The van der Waals surface area contributed by atoms with E-state index in [-0.39, 0.29) is 11.6 Å². The molecule has 1 aromatic heterocycles. The Balaban J connectivity index is 1.90. The summed E-state index contributed by atoms with van der Waals surface area (Å²) in [6.07, 6.45) is 2.02. The van der Waals surface area contributed by atoms with Crippen LogP contribution in [0.1, 0.15) is 30.9 Å². The Bertz CT molecular complexity index is 1090. The van der Waals surface area contributed by atoms with E-state index < -0.39 is 11.6 Å². The van der Waals surface area contributed by atoms with Gasteiger partial charge < -0.3 is 20.1 Å². The van der Waals surface area contributed by atoms with Crippen molar-refractivity contribution in [2.24, 2.45) is 0 Å². The molecule has 152 valence electrons. The van der Waals surface area contributed by atoms with Gasteiger partial charge in [0.1, 0.15) is 0 Å². The van der Waals surface area contributed by atoms with Crippen LogP contribution in [0.15, 0.2) is 47.3 Å². The third kappa shape index (κ3) is 4.54. The molecule has 3 N–H and O–H groups in total. The molecule has 2 aromatic carbocycles. The van der Waals surface area contributed by atoms with Gasteiger partial charge in [0, 0.05) is 11.6 Å². The average molecular weight is 415 g/mol. The summed E-state index contributed by atoms with van der Waals surface area (Å²) in [5, 5.41) is 9.85. The normalized spacial score (nSPS) is 11.0. The topological polar surface area (TPSA) is 94.6 Å². The van der Waals surface area contributed by atoms with Crippen LogP contribution in [-0.4, -0.2) is 15.8 Å². The largest absolute Gasteiger partial charge is 0.511 e. The van der Waals surface area contributed by atoms with Gasteiger partial charge in [0.15, 0.2) is 5.82 Å². The van der Waals surface area contributed by atoms with Crippen molar-refractivity contribution < 1.29 is 14.6 Å². The van der Waals surface area contributed by atoms with Crippen LogP contribution in [0.3, 0.4) is 0 Å². The number of fused-ring (bicyclic) bond motifs is 1. The maximum atomic E-state index is 12.8. The Hall–Kier alpha value is -2.99. The Kier molecular flexibility index (Phi) is 6.44. The molecule has 0 saturated carbocycles. The molecule has 3 rings (SSSR count). The standard InChI is InChI=1S/C22H23ClN2O4/c1-2-25-18-13-17(23)15(11-7-6-10-14-8-4-3-5-9-14)12-16(18)19(26)20(21(25)24)29-22(27)28/h3-5,8-9,12-13H,2,6-7,10-11,24H2,1H3,(H,27,28). The number of pyridine rings is 1. The van der Waals surface area contributed by atoms with Gasteiger partial charge in [0.05, 0.1) is 10.9 Å². The Morgan fingerprint density at radius 3 is 2.52 bits per heavy atom. The van der Waals surface area contributed by atoms with Crippen LogP contribution < -0.4 is 15.9 Å². The third-order valence-electron chi connectivity index (χ3n) is 4.94. The number of nitrogens with two attached hydrogens (primary N) is 1. The van der Waals surface area contributed by atoms with Gasteiger partial charge in [-0.1, -0.05) is 41.9 Å². The minimum atomic E-state index is -1.58. The lowest BCUT2D eigenvalue weighted by Crippen LogP contribution is -2.20. The lowest BCUT2D eigenvalue weighted by Gasteiger charge is -2.16. The number of nitrogen functional groups attached to an aromatic ring is 1. The lowest BCUT2D eigenvalue weighted by atomic mass is 10.0. The Morgan fingerprint density at radius 1 is 1.17 bits per heavy atom. The van der Waals surface area contributed by atoms with Gasteiger partial charge in [0.2, 0.25) is 11.2 Å². The molecule has 0 aliphatic heterocycles. The molecule has 0 spiro atoms. The van der Waals surface area contributed by atoms with Gasteiger partial charge in [-0.25, -0.2) is 4.79 Å². The van der Waals surface area contributed by atoms with Crippen molar-refractivity contribution in [3.8, 4) is 5.75 Å². The van der Waals surface area contributed by atoms with E-state index in [4.69, 9.17) is 22.4 Å². The van der Waals surface area contributed by atoms with Crippen molar-refractivity contribution in [3.63, 3.8) is 0 Å². The number of aryl methyl sites for hydroxylation is 3. The molecule has 0 amide bonds. The fraction of sp³-hybridized carbons (Fsp3) is 0.273. The molecular weight excluding hydrogens is 392 g/mol. The quantitative estimate of drug-likeness (QED) is 0.424. The molecule has 0 fully saturated rings. The molecule has 0 bridgehead atoms. The summed E-state index contributed by atoms with van der Waals surface area (Å²) in [6.45, 7) is 2.28. The maximum Gasteiger partial charge on any atom is 0.511 e. The minimum absolute atomic E-state index is 0.0286. The predicted molar refractivity (Wildman–Crippen MR) is 115 cm³/mol. The molecular formula is C22H23ClN2O4. The number of carbonyl (C=O) groups is 1. The maximum absolute atomic E-state index is 12.8. The first kappa shape index (κ1) is 20.7. The van der Waals surface area contributed by atoms with Gasteiger partial charge in [-0.15, -0.1) is 0 Å². The fourth-order valence-corrected chi connectivity index (χ4v) is 3.76. The summed E-state index contributed by atoms with van der Waals surface area (Å²) in [5.74, 6) is -0.400. The van der Waals surface area contributed by atoms with Gasteiger partial charge in [-0.05, 0) is 55.9 Å². The van der Waals surface area contributed by atoms with Gasteiger partial charge in [0.25, 0.3) is 0 Å². The first-order chi connectivity index (χ1) is 13.9. The molecule has 0 unspecified atom stereocenters. The van der Waals surface area contributed by atoms with Crippen molar-refractivity contribution in [1.82, 2.24) is 4.57 Å². The summed E-state index contributed by atoms with van der Waals surface area (Å²) >= 11 is 6.48. The first-order valence-corrected chi connectivity index (χ1v) is 9.89. The van der Waals surface area contributed by atoms with Crippen LogP contribution in [0, 0.1) is 0 Å². The second-order valence-electron chi connectivity index (χ2n) is 6.81. The number of ether oxygens (including phenoxy) is 1. The van der Waals surface area contributed by atoms with Crippen LogP contribution >= 0.6 is 11.6 Å². The van der Waals surface area contributed by atoms with E-state index in [1.54, 1.807) is 16.7 Å². The van der Waals surface area contributed by atoms with Crippen molar-refractivity contribution >= 4 is 34.5 Å². The highest BCUT2D eigenvalue weighted by molar-refractivity contribution is 6.32. The van der Waals surface area contributed by atoms with Crippen molar-refractivity contribution in [2.75, 3.05) is 5.73 Å². The summed E-state index contributed by atoms with van der Waals surface area (Å²) in [5.41, 5.74) is 8.13. The highest BCUT2D eigenvalue weighted by Gasteiger charge is 2.19. The van der Waals surface area contributed by atoms with Crippen LogP contribution in [-0.2, 0) is 19.4 Å². The summed E-state index contributed by atoms with van der Waals surface area (Å²) in [7, 11) is 0. The van der Waals surface area contributed by atoms with Gasteiger partial charge in [-0.2, -0.15) is 0 Å². The van der Waals surface area contributed by atoms with E-state index in [9.17, 15) is 9.59 Å². The van der Waals surface area contributed by atoms with E-state index in [1.165, 1.54) is 5.56 Å². The molecule has 6 nitrogen and oxygen atoms in total. The van der Waals surface area contributed by atoms with Crippen LogP contribution in [0.25, 0.3) is 10.9 Å². The second-order valence-corrected chi connectivity index (χ2v) is 7.22. The van der Waals surface area contributed by atoms with E-state index >= 15 is 0 Å². The van der Waals surface area contributed by atoms with Crippen LogP contribution in [0.2, 0.25) is 5.02 Å². The van der Waals surface area contributed by atoms with Crippen molar-refractivity contribution in [1.29, 1.82) is 0 Å². The number of hydrogen-bond donors (Lipinski definition) is 2. The molecule has 0 saturated heterocycles. The van der Waals surface area contributed by atoms with Gasteiger partial charge in [-0.3, -0.25) is 4.79 Å². The number of benzene rings is 2. The molecule has 0 atom stereocenters. The highest BCUT2D eigenvalue weighted by Crippen LogP contribution is 2.29. The number of aromatic nitrogens is 1. The highest BCUT2D eigenvalue weighted by atomic mass is 35.5. The zero-order valence-corrected chi connectivity index (χ0v) is 16.9. The number of unbranched alkanes of at least 4 members (excludes halogenated alkanes) is 1. The molecule has 29 heavy (non-hydrogen) atoms. The SMILES string of the molecule is CCn1c(N)c(OC(=O)O)c(=O)c2cc(CCCCc3ccccc3)c(Cl)cc21. The van der Waals surface area contributed by atoms with Gasteiger partial charge >= 0.3 is 6.16 Å². The number of carboxylic acid groups (broad SMARTS) is 1. The van der Waals surface area contributed by atoms with Crippen molar-refractivity contribution in [3.05, 3.63) is 68.8 Å². The molecule has 0 aliphatic rings. The smallest absolute Gasteiger partial charge is 0.449 e. The molecule has 1 heterocycles. The van der Waals surface area contributed by atoms with Crippen molar-refractivity contribution in [2.45, 2.75) is 39.2 Å². The minimum Gasteiger partial charge on any atom is -0.449 e. The molecule has 3 aromatic rings. The van der Waals surface area contributed by atoms with E-state index in [0.29, 0.717) is 28.9 Å². The predicted octanol–water partition coefficient (Wildman–Crippen LogP) is 4.88. The first-order valence-electron chi connectivity index (χ1n) is 9.51. The molecule has 7 heteroatoms. The zero-order chi connectivity index (χ0) is 21.0. The van der Waals surface area contributed by atoms with E-state index in [0.717, 1.165) is 24.8 Å². The van der Waals surface area contributed by atoms with E-state index in [2.05, 4.69) is 16.9 Å². The number of anilines is 1. The van der Waals surface area contributed by atoms with Crippen LogP contribution in [0.5, 0.6) is 5.75 Å². The summed E-state index contributed by atoms with van der Waals surface area (Å²) < 4.78 is 6.29. The lowest BCUT2D eigenvalue weighted by molar-refractivity contribution is 0.144. The number of hydrogen-bond acceptors (Lipinski definition) is 4. The zero-order valence-electron chi connectivity index (χ0n) is 16.2.